The van der Waals surface area contributed by atoms with Gasteiger partial charge in [0.15, 0.2) is 0 Å². The fourth-order valence-electron chi connectivity index (χ4n) is 1.77. The molecule has 0 saturated carbocycles. The molecule has 1 unspecified atom stereocenters. The lowest BCUT2D eigenvalue weighted by molar-refractivity contribution is -0.389. The molecule has 1 aromatic rings. The van der Waals surface area contributed by atoms with Gasteiger partial charge in [0.2, 0.25) is 0 Å². The summed E-state index contributed by atoms with van der Waals surface area (Å²) in [6.07, 6.45) is -19.5. The Labute approximate surface area is 138 Å². The average molecular weight is 458 g/mol. The van der Waals surface area contributed by atoms with E-state index in [0.717, 1.165) is 0 Å². The van der Waals surface area contributed by atoms with Crippen molar-refractivity contribution in [1.29, 1.82) is 0 Å². The molecular formula is C11H4BrF12N. The van der Waals surface area contributed by atoms with Gasteiger partial charge in [-0.3, -0.25) is 0 Å². The van der Waals surface area contributed by atoms with E-state index in [2.05, 4.69) is 15.9 Å². The first kappa shape index (κ1) is 21.7. The van der Waals surface area contributed by atoms with Crippen LogP contribution >= 0.6 is 15.9 Å². The van der Waals surface area contributed by atoms with Crippen molar-refractivity contribution < 1.29 is 52.7 Å². The minimum absolute atomic E-state index is 0.322. The van der Waals surface area contributed by atoms with E-state index in [9.17, 15) is 52.7 Å². The van der Waals surface area contributed by atoms with E-state index in [0.29, 0.717) is 0 Å². The predicted molar refractivity (Wildman–Crippen MR) is 63.4 cm³/mol. The highest BCUT2D eigenvalue weighted by Gasteiger charge is 2.81. The normalized spacial score (nSPS) is 16.7. The number of rotatable bonds is 2. The third kappa shape index (κ3) is 3.36. The number of halogens is 13. The van der Waals surface area contributed by atoms with Crippen LogP contribution in [0.5, 0.6) is 0 Å². The lowest BCUT2D eigenvalue weighted by atomic mass is 9.86. The van der Waals surface area contributed by atoms with Gasteiger partial charge in [0.1, 0.15) is 0 Å². The zero-order chi connectivity index (χ0) is 20.2. The van der Waals surface area contributed by atoms with Crippen LogP contribution in [-0.4, -0.2) is 18.3 Å². The largest absolute Gasteiger partial charge is 0.457 e. The van der Waals surface area contributed by atoms with Crippen molar-refractivity contribution in [3.63, 3.8) is 0 Å². The molecule has 2 N–H and O–H groups in total. The summed E-state index contributed by atoms with van der Waals surface area (Å²) in [5, 5.41) is 0. The summed E-state index contributed by atoms with van der Waals surface area (Å²) < 4.78 is 153. The molecule has 25 heavy (non-hydrogen) atoms. The van der Waals surface area contributed by atoms with Gasteiger partial charge in [-0.25, -0.2) is 4.39 Å². The Balaban J connectivity index is 3.92. The van der Waals surface area contributed by atoms with Crippen LogP contribution in [0.1, 0.15) is 11.1 Å². The molecule has 1 rings (SSSR count). The van der Waals surface area contributed by atoms with Crippen LogP contribution in [-0.2, 0) is 11.8 Å². The summed E-state index contributed by atoms with van der Waals surface area (Å²) >= 11 is 2.18. The molecule has 0 heterocycles. The van der Waals surface area contributed by atoms with E-state index in [4.69, 9.17) is 5.73 Å². The van der Waals surface area contributed by atoms with Gasteiger partial charge in [-0.1, -0.05) is 0 Å². The summed E-state index contributed by atoms with van der Waals surface area (Å²) in [4.78, 5) is 0. The maximum absolute atomic E-state index is 14.2. The molecule has 14 heteroatoms. The Morgan fingerprint density at radius 1 is 0.720 bits per heavy atom. The van der Waals surface area contributed by atoms with Crippen LogP contribution in [0.25, 0.3) is 0 Å². The second kappa shape index (κ2) is 5.84. The molecule has 0 radical (unpaired) electrons. The van der Waals surface area contributed by atoms with Gasteiger partial charge in [-0.15, -0.1) is 0 Å². The SMILES string of the molecule is Nc1c(Br)cc(C(F)(C(F)(F)F)C(F)(F)C(F)(F)F)cc1C(F)(F)F. The molecule has 0 saturated heterocycles. The molecule has 144 valence electrons. The quantitative estimate of drug-likeness (QED) is 0.429. The Morgan fingerprint density at radius 3 is 1.48 bits per heavy atom. The standard InChI is InChI=1S/C11H4BrF12N/c12-5-2-3(1-4(6(5)25)8(14,15)16)7(13,10(19,20)21)9(17,18)11(22,23)24/h1-2H,25H2. The van der Waals surface area contributed by atoms with Crippen LogP contribution in [0.3, 0.4) is 0 Å². The Kier molecular flexibility index (Phi) is 5.07. The first-order valence-electron chi connectivity index (χ1n) is 5.65. The van der Waals surface area contributed by atoms with E-state index in [1.807, 2.05) is 0 Å². The van der Waals surface area contributed by atoms with Crippen LogP contribution in [0, 0.1) is 0 Å². The number of nitrogen functional groups attached to an aromatic ring is 1. The molecular weight excluding hydrogens is 454 g/mol. The molecule has 0 aliphatic carbocycles. The fourth-order valence-corrected chi connectivity index (χ4v) is 2.23. The van der Waals surface area contributed by atoms with Gasteiger partial charge in [0, 0.05) is 10.0 Å². The number of hydrogen-bond donors (Lipinski definition) is 1. The summed E-state index contributed by atoms with van der Waals surface area (Å²) in [6, 6.07) is -1.16. The van der Waals surface area contributed by atoms with Crippen molar-refractivity contribution in [2.75, 3.05) is 5.73 Å². The van der Waals surface area contributed by atoms with Gasteiger partial charge in [0.05, 0.1) is 11.3 Å². The van der Waals surface area contributed by atoms with E-state index >= 15 is 0 Å². The minimum atomic E-state index is -7.09. The summed E-state index contributed by atoms with van der Waals surface area (Å²) in [7, 11) is 0. The van der Waals surface area contributed by atoms with Crippen LogP contribution in [0.2, 0.25) is 0 Å². The van der Waals surface area contributed by atoms with Crippen molar-refractivity contribution in [3.8, 4) is 0 Å². The van der Waals surface area contributed by atoms with E-state index in [1.165, 1.54) is 0 Å². The van der Waals surface area contributed by atoms with Gasteiger partial charge < -0.3 is 5.73 Å². The zero-order valence-corrected chi connectivity index (χ0v) is 12.7. The lowest BCUT2D eigenvalue weighted by Crippen LogP contribution is -2.59. The monoisotopic (exact) mass is 457 g/mol. The maximum atomic E-state index is 14.2. The van der Waals surface area contributed by atoms with Crippen molar-refractivity contribution in [2.24, 2.45) is 0 Å². The predicted octanol–water partition coefficient (Wildman–Crippen LogP) is 5.97. The van der Waals surface area contributed by atoms with E-state index < -0.39 is 57.5 Å². The van der Waals surface area contributed by atoms with Crippen LogP contribution in [0.15, 0.2) is 16.6 Å². The third-order valence-electron chi connectivity index (χ3n) is 3.01. The van der Waals surface area contributed by atoms with Crippen molar-refractivity contribution in [1.82, 2.24) is 0 Å². The molecule has 0 aliphatic rings. The maximum Gasteiger partial charge on any atom is 0.457 e. The fraction of sp³-hybridized carbons (Fsp3) is 0.455. The van der Waals surface area contributed by atoms with Crippen molar-refractivity contribution in [2.45, 2.75) is 30.1 Å². The topological polar surface area (TPSA) is 26.0 Å². The van der Waals surface area contributed by atoms with E-state index in [-0.39, 0.29) is 6.07 Å². The minimum Gasteiger partial charge on any atom is -0.397 e. The summed E-state index contributed by atoms with van der Waals surface area (Å²) in [5.41, 5.74) is -7.75. The molecule has 0 amide bonds. The summed E-state index contributed by atoms with van der Waals surface area (Å²) in [5.74, 6) is -7.09. The molecule has 0 bridgehead atoms. The molecule has 1 atom stereocenters. The molecule has 0 spiro atoms. The van der Waals surface area contributed by atoms with Crippen LogP contribution in [0.4, 0.5) is 58.4 Å². The average Bonchev–Trinajstić information content (AvgIpc) is 2.36. The Hall–Kier alpha value is -1.34. The van der Waals surface area contributed by atoms with Crippen molar-refractivity contribution in [3.05, 3.63) is 27.7 Å². The zero-order valence-electron chi connectivity index (χ0n) is 11.1. The van der Waals surface area contributed by atoms with Crippen LogP contribution < -0.4 is 5.73 Å². The molecule has 1 nitrogen and oxygen atoms in total. The molecule has 0 aromatic heterocycles. The van der Waals surface area contributed by atoms with Gasteiger partial charge >= 0.3 is 30.1 Å². The second-order valence-corrected chi connectivity index (χ2v) is 5.50. The van der Waals surface area contributed by atoms with Crippen molar-refractivity contribution >= 4 is 21.6 Å². The first-order chi connectivity index (χ1) is 10.8. The Bertz CT molecular complexity index is 659. The summed E-state index contributed by atoms with van der Waals surface area (Å²) in [6.45, 7) is 0. The van der Waals surface area contributed by atoms with E-state index in [1.54, 1.807) is 0 Å². The van der Waals surface area contributed by atoms with Gasteiger partial charge in [-0.05, 0) is 28.1 Å². The number of alkyl halides is 12. The highest BCUT2D eigenvalue weighted by atomic mass is 79.9. The third-order valence-corrected chi connectivity index (χ3v) is 3.67. The molecule has 0 fully saturated rings. The Morgan fingerprint density at radius 2 is 1.16 bits per heavy atom. The smallest absolute Gasteiger partial charge is 0.397 e. The second-order valence-electron chi connectivity index (χ2n) is 4.65. The lowest BCUT2D eigenvalue weighted by Gasteiger charge is -2.36. The van der Waals surface area contributed by atoms with Gasteiger partial charge in [-0.2, -0.15) is 48.3 Å². The molecule has 0 aliphatic heterocycles. The highest BCUT2D eigenvalue weighted by molar-refractivity contribution is 9.10. The number of nitrogens with two attached hydrogens (primary N) is 1. The number of hydrogen-bond acceptors (Lipinski definition) is 1. The highest BCUT2D eigenvalue weighted by Crippen LogP contribution is 2.59. The van der Waals surface area contributed by atoms with Gasteiger partial charge in [0.25, 0.3) is 0 Å². The first-order valence-corrected chi connectivity index (χ1v) is 6.44. The number of anilines is 1. The molecule has 1 aromatic carbocycles. The number of benzene rings is 1.